The van der Waals surface area contributed by atoms with Crippen LogP contribution in [0.15, 0.2) is 24.3 Å². The van der Waals surface area contributed by atoms with Crippen LogP contribution in [0.3, 0.4) is 0 Å². The molecule has 7 heteroatoms. The zero-order chi connectivity index (χ0) is 23.8. The Bertz CT molecular complexity index is 1100. The molecule has 35 heavy (non-hydrogen) atoms. The maximum absolute atomic E-state index is 9.24. The van der Waals surface area contributed by atoms with Crippen molar-refractivity contribution >= 4 is 5.82 Å². The Kier molecular flexibility index (Phi) is 6.11. The second-order valence-electron chi connectivity index (χ2n) is 11.1. The van der Waals surface area contributed by atoms with E-state index in [0.29, 0.717) is 25.1 Å². The number of rotatable bonds is 5. The lowest BCUT2D eigenvalue weighted by molar-refractivity contribution is 0.185. The molecule has 2 aromatic rings. The number of likely N-dealkylation sites (tertiary alicyclic amines) is 1. The molecule has 2 atom stereocenters. The van der Waals surface area contributed by atoms with Crippen LogP contribution >= 0.6 is 0 Å². The van der Waals surface area contributed by atoms with Crippen molar-refractivity contribution in [2.75, 3.05) is 44.7 Å². The van der Waals surface area contributed by atoms with Gasteiger partial charge in [0, 0.05) is 37.3 Å². The lowest BCUT2D eigenvalue weighted by Crippen LogP contribution is -2.51. The number of fused-ring (bicyclic) bond motifs is 2. The number of nitrogens with one attached hydrogen (secondary N) is 1. The molecule has 0 amide bonds. The van der Waals surface area contributed by atoms with E-state index >= 15 is 0 Å². The molecule has 2 aliphatic carbocycles. The van der Waals surface area contributed by atoms with Gasteiger partial charge in [0.15, 0.2) is 0 Å². The predicted octanol–water partition coefficient (Wildman–Crippen LogP) is 2.92. The van der Waals surface area contributed by atoms with E-state index in [4.69, 9.17) is 14.7 Å². The van der Waals surface area contributed by atoms with Gasteiger partial charge in [0.2, 0.25) is 0 Å². The first kappa shape index (κ1) is 22.8. The number of aromatic nitrogens is 2. The molecule has 0 bridgehead atoms. The lowest BCUT2D eigenvalue weighted by atomic mass is 9.71. The molecule has 1 aromatic carbocycles. The number of hydrogen-bond acceptors (Lipinski definition) is 7. The first-order chi connectivity index (χ1) is 17.1. The molecule has 0 saturated carbocycles. The number of anilines is 1. The summed E-state index contributed by atoms with van der Waals surface area (Å²) in [5, 5.41) is 12.7. The van der Waals surface area contributed by atoms with Crippen molar-refractivity contribution in [3.8, 4) is 12.1 Å². The van der Waals surface area contributed by atoms with Crippen molar-refractivity contribution in [3.63, 3.8) is 0 Å². The highest BCUT2D eigenvalue weighted by atomic mass is 16.5. The van der Waals surface area contributed by atoms with E-state index in [2.05, 4.69) is 52.5 Å². The van der Waals surface area contributed by atoms with Crippen molar-refractivity contribution in [3.05, 3.63) is 46.6 Å². The summed E-state index contributed by atoms with van der Waals surface area (Å²) >= 11 is 0. The number of piperazine rings is 1. The second kappa shape index (κ2) is 9.40. The van der Waals surface area contributed by atoms with Gasteiger partial charge in [0.25, 0.3) is 0 Å². The highest BCUT2D eigenvalue weighted by Gasteiger charge is 2.42. The van der Waals surface area contributed by atoms with Crippen LogP contribution < -0.4 is 15.0 Å². The zero-order valence-corrected chi connectivity index (χ0v) is 20.8. The van der Waals surface area contributed by atoms with Gasteiger partial charge in [0.05, 0.1) is 18.2 Å². The summed E-state index contributed by atoms with van der Waals surface area (Å²) < 4.78 is 6.29. The molecule has 1 spiro atoms. The van der Waals surface area contributed by atoms with E-state index in [0.717, 1.165) is 57.7 Å². The summed E-state index contributed by atoms with van der Waals surface area (Å²) in [6.07, 6.45) is 8.37. The Morgan fingerprint density at radius 2 is 2.00 bits per heavy atom. The number of nitrogens with zero attached hydrogens (tertiary/aromatic N) is 5. The fourth-order valence-electron chi connectivity index (χ4n) is 6.76. The van der Waals surface area contributed by atoms with Gasteiger partial charge in [0.1, 0.15) is 12.4 Å². The molecule has 2 aliphatic heterocycles. The van der Waals surface area contributed by atoms with E-state index in [1.54, 1.807) is 0 Å². The third-order valence-electron chi connectivity index (χ3n) is 8.72. The van der Waals surface area contributed by atoms with Gasteiger partial charge in [-0.15, -0.1) is 0 Å². The normalized spacial score (nSPS) is 25.3. The molecular weight excluding hydrogens is 436 g/mol. The summed E-state index contributed by atoms with van der Waals surface area (Å²) in [6.45, 7) is 4.34. The summed E-state index contributed by atoms with van der Waals surface area (Å²) in [5.41, 5.74) is 5.76. The SMILES string of the molecule is CN1CCC[C@H]1COc1nc2c(c(N3CCN[C@@H](CC#N)C3)n1)CCC1(Cc3ccccc3C1)C2. The molecule has 6 rings (SSSR count). The first-order valence-electron chi connectivity index (χ1n) is 13.3. The second-order valence-corrected chi connectivity index (χ2v) is 11.1. The van der Waals surface area contributed by atoms with Gasteiger partial charge >= 0.3 is 6.01 Å². The van der Waals surface area contributed by atoms with Gasteiger partial charge in [-0.3, -0.25) is 0 Å². The van der Waals surface area contributed by atoms with Gasteiger partial charge in [-0.2, -0.15) is 15.2 Å². The minimum Gasteiger partial charge on any atom is -0.462 e. The quantitative estimate of drug-likeness (QED) is 0.717. The number of nitriles is 1. The Hall–Kier alpha value is -2.69. The highest BCUT2D eigenvalue weighted by molar-refractivity contribution is 5.53. The van der Waals surface area contributed by atoms with Crippen molar-refractivity contribution in [2.45, 2.75) is 63.5 Å². The van der Waals surface area contributed by atoms with Crippen LogP contribution in [0, 0.1) is 16.7 Å². The fraction of sp³-hybridized carbons (Fsp3) is 0.607. The van der Waals surface area contributed by atoms with Gasteiger partial charge in [-0.1, -0.05) is 24.3 Å². The van der Waals surface area contributed by atoms with E-state index in [9.17, 15) is 5.26 Å². The molecule has 4 aliphatic rings. The van der Waals surface area contributed by atoms with E-state index < -0.39 is 0 Å². The Balaban J connectivity index is 1.30. The number of benzene rings is 1. The fourth-order valence-corrected chi connectivity index (χ4v) is 6.76. The predicted molar refractivity (Wildman–Crippen MR) is 136 cm³/mol. The molecule has 3 heterocycles. The van der Waals surface area contributed by atoms with Crippen molar-refractivity contribution in [1.82, 2.24) is 20.2 Å². The number of ether oxygens (including phenoxy) is 1. The maximum atomic E-state index is 9.24. The minimum atomic E-state index is 0.176. The molecular formula is C28H36N6O. The average Bonchev–Trinajstić information content (AvgIpc) is 3.44. The van der Waals surface area contributed by atoms with E-state index in [1.165, 1.54) is 41.6 Å². The van der Waals surface area contributed by atoms with Crippen LogP contribution in [-0.4, -0.2) is 66.8 Å². The maximum Gasteiger partial charge on any atom is 0.318 e. The molecule has 1 N–H and O–H groups in total. The molecule has 0 unspecified atom stereocenters. The first-order valence-corrected chi connectivity index (χ1v) is 13.3. The van der Waals surface area contributed by atoms with Crippen molar-refractivity contribution < 1.29 is 4.74 Å². The van der Waals surface area contributed by atoms with Crippen LogP contribution in [0.2, 0.25) is 0 Å². The van der Waals surface area contributed by atoms with Gasteiger partial charge in [-0.05, 0) is 75.1 Å². The van der Waals surface area contributed by atoms with Crippen LogP contribution in [0.5, 0.6) is 6.01 Å². The van der Waals surface area contributed by atoms with Gasteiger partial charge in [-0.25, -0.2) is 0 Å². The summed E-state index contributed by atoms with van der Waals surface area (Å²) in [4.78, 5) is 14.8. The Labute approximate surface area is 208 Å². The third-order valence-corrected chi connectivity index (χ3v) is 8.72. The summed E-state index contributed by atoms with van der Waals surface area (Å²) in [6, 6.07) is 12.4. The Morgan fingerprint density at radius 1 is 1.17 bits per heavy atom. The van der Waals surface area contributed by atoms with Crippen LogP contribution in [0.25, 0.3) is 0 Å². The minimum absolute atomic E-state index is 0.176. The molecule has 0 radical (unpaired) electrons. The largest absolute Gasteiger partial charge is 0.462 e. The van der Waals surface area contributed by atoms with Gasteiger partial charge < -0.3 is 19.9 Å². The smallest absolute Gasteiger partial charge is 0.318 e. The van der Waals surface area contributed by atoms with Crippen LogP contribution in [0.4, 0.5) is 5.82 Å². The van der Waals surface area contributed by atoms with Crippen molar-refractivity contribution in [1.29, 1.82) is 5.26 Å². The molecule has 1 aromatic heterocycles. The van der Waals surface area contributed by atoms with E-state index in [-0.39, 0.29) is 11.5 Å². The van der Waals surface area contributed by atoms with Crippen LogP contribution in [0.1, 0.15) is 48.1 Å². The summed E-state index contributed by atoms with van der Waals surface area (Å²) in [5.74, 6) is 1.04. The standard InChI is InChI=1S/C28H36N6O/c1-33-13-4-7-23(33)19-35-27-31-25-17-28(15-20-5-2-3-6-21(20)16-28)10-8-24(25)26(32-27)34-14-12-30-22(18-34)9-11-29/h2-3,5-6,22-23,30H,4,7-10,12-19H2,1H3/t22-,23-/m0/s1. The molecule has 7 nitrogen and oxygen atoms in total. The average molecular weight is 473 g/mol. The molecule has 2 saturated heterocycles. The Morgan fingerprint density at radius 3 is 2.74 bits per heavy atom. The topological polar surface area (TPSA) is 77.3 Å². The van der Waals surface area contributed by atoms with Crippen molar-refractivity contribution in [2.24, 2.45) is 5.41 Å². The lowest BCUT2D eigenvalue weighted by Gasteiger charge is -2.38. The van der Waals surface area contributed by atoms with Crippen LogP contribution in [-0.2, 0) is 25.7 Å². The number of likely N-dealkylation sites (N-methyl/N-ethyl adjacent to an activating group) is 1. The third kappa shape index (κ3) is 4.50. The monoisotopic (exact) mass is 472 g/mol. The molecule has 2 fully saturated rings. The summed E-state index contributed by atoms with van der Waals surface area (Å²) in [7, 11) is 2.18. The highest BCUT2D eigenvalue weighted by Crippen LogP contribution is 2.47. The number of hydrogen-bond donors (Lipinski definition) is 1. The molecule has 184 valence electrons. The zero-order valence-electron chi connectivity index (χ0n) is 20.8. The van der Waals surface area contributed by atoms with E-state index in [1.807, 2.05) is 0 Å².